The maximum Gasteiger partial charge on any atom is 0.249 e. The summed E-state index contributed by atoms with van der Waals surface area (Å²) in [5.74, 6) is 0.175. The Hall–Kier alpha value is -2.80. The zero-order valence-corrected chi connectivity index (χ0v) is 13.0. The average Bonchev–Trinajstić information content (AvgIpc) is 2.58. The summed E-state index contributed by atoms with van der Waals surface area (Å²) < 4.78 is 5.73. The van der Waals surface area contributed by atoms with Crippen LogP contribution in [0.2, 0.25) is 0 Å². The number of unbranched alkanes of at least 4 members (excludes halogenated alkanes) is 2. The van der Waals surface area contributed by atoms with Gasteiger partial charge in [-0.05, 0) is 42.5 Å². The van der Waals surface area contributed by atoms with Crippen molar-refractivity contribution < 1.29 is 9.53 Å². The van der Waals surface area contributed by atoms with Crippen molar-refractivity contribution in [2.24, 2.45) is 5.73 Å². The number of aryl methyl sites for hydroxylation is 1. The molecule has 2 rings (SSSR count). The second-order valence-corrected chi connectivity index (χ2v) is 5.32. The van der Waals surface area contributed by atoms with Crippen molar-refractivity contribution >= 4 is 5.91 Å². The zero-order chi connectivity index (χ0) is 16.5. The van der Waals surface area contributed by atoms with Crippen LogP contribution in [0.3, 0.4) is 0 Å². The first-order valence-electron chi connectivity index (χ1n) is 7.67. The molecule has 23 heavy (non-hydrogen) atoms. The van der Waals surface area contributed by atoms with Crippen LogP contribution in [-0.2, 0) is 13.0 Å². The first-order valence-corrected chi connectivity index (χ1v) is 7.67. The van der Waals surface area contributed by atoms with Crippen LogP contribution in [0.1, 0.15) is 40.7 Å². The molecule has 0 bridgehead atoms. The molecule has 0 aliphatic carbocycles. The van der Waals surface area contributed by atoms with Crippen LogP contribution in [-0.4, -0.2) is 5.91 Å². The Morgan fingerprint density at radius 1 is 1.13 bits per heavy atom. The number of benzene rings is 2. The van der Waals surface area contributed by atoms with E-state index < -0.39 is 5.91 Å². The molecular formula is C19H20N2O2. The van der Waals surface area contributed by atoms with Gasteiger partial charge < -0.3 is 10.5 Å². The zero-order valence-electron chi connectivity index (χ0n) is 13.0. The molecule has 0 aliphatic rings. The second kappa shape index (κ2) is 8.60. The maximum absolute atomic E-state index is 11.7. The monoisotopic (exact) mass is 308 g/mol. The Morgan fingerprint density at radius 2 is 1.91 bits per heavy atom. The molecule has 4 heteroatoms. The molecule has 2 aromatic carbocycles. The number of carbonyl (C=O) groups excluding carboxylic acids is 1. The van der Waals surface area contributed by atoms with Crippen LogP contribution in [0.25, 0.3) is 0 Å². The van der Waals surface area contributed by atoms with Crippen molar-refractivity contribution in [3.8, 4) is 11.8 Å². The van der Waals surface area contributed by atoms with E-state index in [4.69, 9.17) is 15.7 Å². The van der Waals surface area contributed by atoms with Crippen molar-refractivity contribution in [3.05, 3.63) is 65.2 Å². The van der Waals surface area contributed by atoms with Gasteiger partial charge in [-0.25, -0.2) is 0 Å². The van der Waals surface area contributed by atoms with Gasteiger partial charge in [0.25, 0.3) is 0 Å². The molecule has 0 aliphatic heterocycles. The van der Waals surface area contributed by atoms with Crippen molar-refractivity contribution in [2.45, 2.75) is 32.3 Å². The van der Waals surface area contributed by atoms with Gasteiger partial charge in [-0.2, -0.15) is 5.26 Å². The van der Waals surface area contributed by atoms with E-state index in [0.29, 0.717) is 24.3 Å². The molecule has 2 aromatic rings. The summed E-state index contributed by atoms with van der Waals surface area (Å²) in [7, 11) is 0. The van der Waals surface area contributed by atoms with Crippen LogP contribution in [0, 0.1) is 11.3 Å². The number of nitrogens with two attached hydrogens (primary N) is 1. The second-order valence-electron chi connectivity index (χ2n) is 5.32. The Kier molecular flexibility index (Phi) is 6.19. The smallest absolute Gasteiger partial charge is 0.249 e. The highest BCUT2D eigenvalue weighted by atomic mass is 16.5. The van der Waals surface area contributed by atoms with E-state index in [1.54, 1.807) is 6.07 Å². The third-order valence-corrected chi connectivity index (χ3v) is 3.58. The normalized spacial score (nSPS) is 10.0. The highest BCUT2D eigenvalue weighted by Crippen LogP contribution is 2.21. The minimum Gasteiger partial charge on any atom is -0.489 e. The third-order valence-electron chi connectivity index (χ3n) is 3.58. The lowest BCUT2D eigenvalue weighted by molar-refractivity contribution is 0.0999. The summed E-state index contributed by atoms with van der Waals surface area (Å²) in [5, 5.41) is 8.56. The molecule has 0 atom stereocenters. The number of hydrogen-bond donors (Lipinski definition) is 1. The molecule has 2 N–H and O–H groups in total. The fourth-order valence-corrected chi connectivity index (χ4v) is 2.35. The van der Waals surface area contributed by atoms with Crippen LogP contribution in [0.5, 0.6) is 5.75 Å². The number of nitriles is 1. The van der Waals surface area contributed by atoms with Gasteiger partial charge in [0.1, 0.15) is 12.4 Å². The Bertz CT molecular complexity index is 690. The summed E-state index contributed by atoms with van der Waals surface area (Å²) in [4.78, 5) is 11.7. The highest BCUT2D eigenvalue weighted by molar-refractivity contribution is 5.94. The van der Waals surface area contributed by atoms with E-state index in [2.05, 4.69) is 6.07 Å². The predicted molar refractivity (Wildman–Crippen MR) is 88.9 cm³/mol. The van der Waals surface area contributed by atoms with Crippen LogP contribution >= 0.6 is 0 Å². The molecule has 1 amide bonds. The molecular weight excluding hydrogens is 288 g/mol. The topological polar surface area (TPSA) is 76.1 Å². The Morgan fingerprint density at radius 3 is 2.61 bits per heavy atom. The number of ether oxygens (including phenoxy) is 1. The quantitative estimate of drug-likeness (QED) is 0.757. The molecule has 0 heterocycles. The van der Waals surface area contributed by atoms with Gasteiger partial charge in [-0.1, -0.05) is 36.4 Å². The first kappa shape index (κ1) is 16.6. The number of nitrogens with zero attached hydrogens (tertiary/aromatic N) is 1. The van der Waals surface area contributed by atoms with E-state index in [-0.39, 0.29) is 0 Å². The van der Waals surface area contributed by atoms with E-state index in [9.17, 15) is 4.79 Å². The minimum atomic E-state index is -0.453. The molecule has 118 valence electrons. The fraction of sp³-hybridized carbons (Fsp3) is 0.263. The van der Waals surface area contributed by atoms with Gasteiger partial charge in [0.2, 0.25) is 5.91 Å². The first-order chi connectivity index (χ1) is 11.2. The number of amides is 1. The molecule has 0 saturated carbocycles. The summed E-state index contributed by atoms with van der Waals surface area (Å²) >= 11 is 0. The fourth-order valence-electron chi connectivity index (χ4n) is 2.35. The Labute approximate surface area is 136 Å². The van der Waals surface area contributed by atoms with Gasteiger partial charge in [0.15, 0.2) is 0 Å². The maximum atomic E-state index is 11.7. The van der Waals surface area contributed by atoms with Gasteiger partial charge in [0.05, 0.1) is 6.07 Å². The lowest BCUT2D eigenvalue weighted by atomic mass is 10.0. The SMILES string of the molecule is N#CCCCCc1ccc(OCc2ccccc2)cc1C(N)=O. The molecule has 0 aromatic heterocycles. The summed E-state index contributed by atoms with van der Waals surface area (Å²) in [6.45, 7) is 0.445. The third kappa shape index (κ3) is 5.15. The molecule has 0 saturated heterocycles. The number of hydrogen-bond acceptors (Lipinski definition) is 3. The van der Waals surface area contributed by atoms with Crippen LogP contribution in [0.4, 0.5) is 0 Å². The standard InChI is InChI=1S/C19H20N2O2/c20-12-6-2-5-9-16-10-11-17(13-18(16)19(21)22)23-14-15-7-3-1-4-8-15/h1,3-4,7-8,10-11,13H,2,5-6,9,14H2,(H2,21,22). The van der Waals surface area contributed by atoms with Gasteiger partial charge in [-0.15, -0.1) is 0 Å². The Balaban J connectivity index is 2.03. The molecule has 0 spiro atoms. The van der Waals surface area contributed by atoms with Gasteiger partial charge >= 0.3 is 0 Å². The van der Waals surface area contributed by atoms with E-state index >= 15 is 0 Å². The minimum absolute atomic E-state index is 0.445. The van der Waals surface area contributed by atoms with Crippen LogP contribution < -0.4 is 10.5 Å². The van der Waals surface area contributed by atoms with E-state index in [1.807, 2.05) is 42.5 Å². The van der Waals surface area contributed by atoms with Gasteiger partial charge in [-0.3, -0.25) is 4.79 Å². The summed E-state index contributed by atoms with van der Waals surface area (Å²) in [6, 6.07) is 17.4. The van der Waals surface area contributed by atoms with E-state index in [1.165, 1.54) is 0 Å². The van der Waals surface area contributed by atoms with Crippen molar-refractivity contribution in [3.63, 3.8) is 0 Å². The van der Waals surface area contributed by atoms with Crippen molar-refractivity contribution in [1.82, 2.24) is 0 Å². The number of rotatable bonds is 8. The highest BCUT2D eigenvalue weighted by Gasteiger charge is 2.10. The van der Waals surface area contributed by atoms with Crippen molar-refractivity contribution in [2.75, 3.05) is 0 Å². The summed E-state index contributed by atoms with van der Waals surface area (Å²) in [6.07, 6.45) is 2.95. The predicted octanol–water partition coefficient (Wildman–Crippen LogP) is 3.60. The van der Waals surface area contributed by atoms with Crippen LogP contribution in [0.15, 0.2) is 48.5 Å². The molecule has 0 radical (unpaired) electrons. The van der Waals surface area contributed by atoms with E-state index in [0.717, 1.165) is 30.4 Å². The van der Waals surface area contributed by atoms with Gasteiger partial charge in [0, 0.05) is 12.0 Å². The molecule has 4 nitrogen and oxygen atoms in total. The summed E-state index contributed by atoms with van der Waals surface area (Å²) in [5.41, 5.74) is 7.94. The number of primary amides is 1. The lowest BCUT2D eigenvalue weighted by Crippen LogP contribution is -2.14. The van der Waals surface area contributed by atoms with Crippen molar-refractivity contribution in [1.29, 1.82) is 5.26 Å². The molecule has 0 unspecified atom stereocenters. The average molecular weight is 308 g/mol. The molecule has 0 fully saturated rings. The largest absolute Gasteiger partial charge is 0.489 e. The number of carbonyl (C=O) groups is 1. The lowest BCUT2D eigenvalue weighted by Gasteiger charge is -2.11.